The fourth-order valence-electron chi connectivity index (χ4n) is 10.1. The third-order valence-corrected chi connectivity index (χ3v) is 15.1. The summed E-state index contributed by atoms with van der Waals surface area (Å²) < 4.78 is 11.1. The van der Waals surface area contributed by atoms with E-state index in [1.807, 2.05) is 0 Å². The highest BCUT2D eigenvalue weighted by molar-refractivity contribution is 5.80. The lowest BCUT2D eigenvalue weighted by Gasteiger charge is -2.40. The fourth-order valence-corrected chi connectivity index (χ4v) is 10.1. The molecule has 0 aromatic heterocycles. The van der Waals surface area contributed by atoms with Crippen LogP contribution in [0.3, 0.4) is 0 Å². The molecular formula is C60H117NO10. The van der Waals surface area contributed by atoms with Gasteiger partial charge in [-0.2, -0.15) is 0 Å². The lowest BCUT2D eigenvalue weighted by molar-refractivity contribution is -0.303. The van der Waals surface area contributed by atoms with Gasteiger partial charge in [-0.1, -0.05) is 270 Å². The molecule has 0 aliphatic carbocycles. The standard InChI is InChI=1S/C60H117NO10/c1-3-5-7-9-11-13-15-17-19-20-21-22-23-24-25-26-27-28-29-30-31-32-34-35-37-39-41-43-45-47-52(63)55(65)51(50-70-60-58(68)57(67)56(66)54(49-62)71-60)61-59(69)53(64)48-46-44-42-40-38-36-33-18-16-14-12-10-8-6-4-2/h33,36,51-58,60,62-68H,3-32,34-35,37-50H2,1-2H3,(H,61,69)/b36-33-. The van der Waals surface area contributed by atoms with E-state index in [9.17, 15) is 40.5 Å². The Morgan fingerprint density at radius 3 is 1.18 bits per heavy atom. The Hall–Kier alpha value is -1.15. The van der Waals surface area contributed by atoms with Crippen LogP contribution in [0.1, 0.15) is 296 Å². The van der Waals surface area contributed by atoms with Gasteiger partial charge in [0, 0.05) is 0 Å². The number of aliphatic hydroxyl groups is 7. The first-order valence-corrected chi connectivity index (χ1v) is 30.6. The SMILES string of the molecule is CCCCCCCCC/C=C\CCCCCCC(O)C(=O)NC(COC1OC(CO)C(O)C(O)C1O)C(O)C(O)CCCCCCCCCCCCCCCCCCCCCCCCCCCCCCC. The number of hydrogen-bond donors (Lipinski definition) is 8. The summed E-state index contributed by atoms with van der Waals surface area (Å²) in [5.74, 6) is -0.701. The zero-order chi connectivity index (χ0) is 51.8. The Kier molecular flexibility index (Phi) is 47.5. The molecule has 1 rings (SSSR count). The minimum Gasteiger partial charge on any atom is -0.394 e. The number of allylic oxidation sites excluding steroid dienone is 2. The number of amides is 1. The predicted octanol–water partition coefficient (Wildman–Crippen LogP) is 13.1. The van der Waals surface area contributed by atoms with Gasteiger partial charge in [0.25, 0.3) is 0 Å². The van der Waals surface area contributed by atoms with E-state index in [1.54, 1.807) is 0 Å². The van der Waals surface area contributed by atoms with Crippen LogP contribution in [-0.2, 0) is 14.3 Å². The number of unbranched alkanes of at least 4 members (excludes halogenated alkanes) is 39. The molecule has 1 aliphatic heterocycles. The van der Waals surface area contributed by atoms with Crippen LogP contribution in [-0.4, -0.2) is 110 Å². The summed E-state index contributed by atoms with van der Waals surface area (Å²) in [4.78, 5) is 13.2. The monoisotopic (exact) mass is 1010 g/mol. The van der Waals surface area contributed by atoms with Crippen molar-refractivity contribution in [2.75, 3.05) is 13.2 Å². The van der Waals surface area contributed by atoms with Crippen LogP contribution in [0, 0.1) is 0 Å². The number of carbonyl (C=O) groups excluding carboxylic acids is 1. The van der Waals surface area contributed by atoms with Crippen LogP contribution in [0.15, 0.2) is 12.2 Å². The van der Waals surface area contributed by atoms with Gasteiger partial charge in [0.1, 0.15) is 36.6 Å². The molecule has 0 aromatic rings. The molecule has 71 heavy (non-hydrogen) atoms. The molecule has 1 aliphatic rings. The van der Waals surface area contributed by atoms with Crippen molar-refractivity contribution in [3.63, 3.8) is 0 Å². The van der Waals surface area contributed by atoms with Crippen molar-refractivity contribution in [3.05, 3.63) is 12.2 Å². The molecule has 11 heteroatoms. The highest BCUT2D eigenvalue weighted by atomic mass is 16.7. The Morgan fingerprint density at radius 2 is 0.817 bits per heavy atom. The average molecular weight is 1010 g/mol. The van der Waals surface area contributed by atoms with E-state index < -0.39 is 74.2 Å². The third kappa shape index (κ3) is 38.1. The molecule has 0 spiro atoms. The maximum Gasteiger partial charge on any atom is 0.249 e. The Labute approximate surface area is 436 Å². The summed E-state index contributed by atoms with van der Waals surface area (Å²) in [7, 11) is 0. The molecule has 1 amide bonds. The minimum atomic E-state index is -1.66. The molecule has 1 saturated heterocycles. The van der Waals surface area contributed by atoms with Crippen molar-refractivity contribution in [2.24, 2.45) is 0 Å². The minimum absolute atomic E-state index is 0.249. The maximum atomic E-state index is 13.2. The molecule has 9 atom stereocenters. The van der Waals surface area contributed by atoms with Crippen molar-refractivity contribution in [1.82, 2.24) is 5.32 Å². The van der Waals surface area contributed by atoms with Gasteiger partial charge in [0.2, 0.25) is 5.91 Å². The summed E-state index contributed by atoms with van der Waals surface area (Å²) >= 11 is 0. The normalized spacial score (nSPS) is 20.2. The fraction of sp³-hybridized carbons (Fsp3) is 0.950. The van der Waals surface area contributed by atoms with Gasteiger partial charge in [-0.3, -0.25) is 4.79 Å². The van der Waals surface area contributed by atoms with Crippen molar-refractivity contribution in [2.45, 2.75) is 351 Å². The van der Waals surface area contributed by atoms with Crippen LogP contribution in [0.2, 0.25) is 0 Å². The topological polar surface area (TPSA) is 189 Å². The molecule has 9 unspecified atom stereocenters. The van der Waals surface area contributed by atoms with Crippen molar-refractivity contribution >= 4 is 5.91 Å². The van der Waals surface area contributed by atoms with E-state index in [2.05, 4.69) is 31.3 Å². The lowest BCUT2D eigenvalue weighted by Crippen LogP contribution is -2.60. The Bertz CT molecular complexity index is 1160. The van der Waals surface area contributed by atoms with E-state index in [0.29, 0.717) is 19.3 Å². The largest absolute Gasteiger partial charge is 0.394 e. The van der Waals surface area contributed by atoms with E-state index >= 15 is 0 Å². The van der Waals surface area contributed by atoms with Crippen molar-refractivity contribution < 1.29 is 50.0 Å². The zero-order valence-electron chi connectivity index (χ0n) is 46.2. The first kappa shape index (κ1) is 67.9. The first-order chi connectivity index (χ1) is 34.7. The number of carbonyl (C=O) groups is 1. The molecule has 0 saturated carbocycles. The second kappa shape index (κ2) is 49.7. The molecule has 0 aromatic carbocycles. The molecule has 0 radical (unpaired) electrons. The molecule has 11 nitrogen and oxygen atoms in total. The highest BCUT2D eigenvalue weighted by Crippen LogP contribution is 2.24. The van der Waals surface area contributed by atoms with Crippen LogP contribution in [0.5, 0.6) is 0 Å². The van der Waals surface area contributed by atoms with Gasteiger partial charge < -0.3 is 50.5 Å². The Morgan fingerprint density at radius 1 is 0.479 bits per heavy atom. The van der Waals surface area contributed by atoms with E-state index in [0.717, 1.165) is 51.4 Å². The summed E-state index contributed by atoms with van der Waals surface area (Å²) in [5, 5.41) is 76.2. The summed E-state index contributed by atoms with van der Waals surface area (Å²) in [6, 6.07) is -1.17. The lowest BCUT2D eigenvalue weighted by atomic mass is 9.98. The smallest absolute Gasteiger partial charge is 0.249 e. The summed E-state index contributed by atoms with van der Waals surface area (Å²) in [6.07, 6.45) is 47.1. The molecule has 422 valence electrons. The summed E-state index contributed by atoms with van der Waals surface area (Å²) in [6.45, 7) is 3.48. The number of rotatable bonds is 53. The first-order valence-electron chi connectivity index (χ1n) is 30.6. The number of hydrogen-bond acceptors (Lipinski definition) is 10. The predicted molar refractivity (Wildman–Crippen MR) is 293 cm³/mol. The molecule has 0 bridgehead atoms. The number of aliphatic hydroxyl groups excluding tert-OH is 7. The zero-order valence-corrected chi connectivity index (χ0v) is 46.2. The maximum absolute atomic E-state index is 13.2. The Balaban J connectivity index is 2.23. The third-order valence-electron chi connectivity index (χ3n) is 15.1. The van der Waals surface area contributed by atoms with Gasteiger partial charge in [-0.05, 0) is 38.5 Å². The van der Waals surface area contributed by atoms with E-state index in [4.69, 9.17) is 9.47 Å². The summed E-state index contributed by atoms with van der Waals surface area (Å²) in [5.41, 5.74) is 0. The van der Waals surface area contributed by atoms with Crippen LogP contribution in [0.25, 0.3) is 0 Å². The van der Waals surface area contributed by atoms with Gasteiger partial charge in [0.15, 0.2) is 6.29 Å². The van der Waals surface area contributed by atoms with Crippen molar-refractivity contribution in [1.29, 1.82) is 0 Å². The van der Waals surface area contributed by atoms with Crippen LogP contribution >= 0.6 is 0 Å². The van der Waals surface area contributed by atoms with Crippen LogP contribution in [0.4, 0.5) is 0 Å². The van der Waals surface area contributed by atoms with Gasteiger partial charge in [-0.25, -0.2) is 0 Å². The van der Waals surface area contributed by atoms with E-state index in [1.165, 1.54) is 205 Å². The molecule has 1 heterocycles. The molecule has 1 fully saturated rings. The van der Waals surface area contributed by atoms with Gasteiger partial charge in [0.05, 0.1) is 25.4 Å². The second-order valence-electron chi connectivity index (χ2n) is 21.8. The van der Waals surface area contributed by atoms with Gasteiger partial charge in [-0.15, -0.1) is 0 Å². The van der Waals surface area contributed by atoms with Gasteiger partial charge >= 0.3 is 0 Å². The second-order valence-corrected chi connectivity index (χ2v) is 21.8. The average Bonchev–Trinajstić information content (AvgIpc) is 3.37. The quantitative estimate of drug-likeness (QED) is 0.0215. The highest BCUT2D eigenvalue weighted by Gasteiger charge is 2.44. The van der Waals surface area contributed by atoms with E-state index in [-0.39, 0.29) is 6.42 Å². The molecular weight excluding hydrogens is 895 g/mol. The number of ether oxygens (including phenoxy) is 2. The van der Waals surface area contributed by atoms with Crippen molar-refractivity contribution in [3.8, 4) is 0 Å². The number of nitrogens with one attached hydrogen (secondary N) is 1. The van der Waals surface area contributed by atoms with Crippen LogP contribution < -0.4 is 5.32 Å². The molecule has 8 N–H and O–H groups in total.